The van der Waals surface area contributed by atoms with Crippen molar-refractivity contribution in [1.82, 2.24) is 0 Å². The molecule has 0 spiro atoms. The van der Waals surface area contributed by atoms with E-state index in [1.165, 1.54) is 32.7 Å². The molecule has 0 aromatic heterocycles. The van der Waals surface area contributed by atoms with Crippen LogP contribution in [0.1, 0.15) is 38.8 Å². The summed E-state index contributed by atoms with van der Waals surface area (Å²) in [5.74, 6) is 0. The van der Waals surface area contributed by atoms with Gasteiger partial charge in [-0.2, -0.15) is 0 Å². The fourth-order valence-corrected chi connectivity index (χ4v) is 7.74. The quantitative estimate of drug-likeness (QED) is 0.278. The molecule has 0 aliphatic rings. The zero-order valence-corrected chi connectivity index (χ0v) is 19.4. The van der Waals surface area contributed by atoms with Gasteiger partial charge < -0.3 is 9.13 Å². The Hall–Kier alpha value is -1.36. The van der Waals surface area contributed by atoms with E-state index in [0.717, 1.165) is 24.6 Å². The zero-order valence-electron chi connectivity index (χ0n) is 17.6. The van der Waals surface area contributed by atoms with Crippen LogP contribution in [-0.2, 0) is 21.5 Å². The van der Waals surface area contributed by atoms with Crippen molar-refractivity contribution in [2.75, 3.05) is 24.6 Å². The van der Waals surface area contributed by atoms with E-state index < -0.39 is 14.3 Å². The Bertz CT molecular complexity index is 926. The maximum atomic E-state index is 13.4. The second-order valence-corrected chi connectivity index (χ2v) is 15.1. The molecule has 2 nitrogen and oxygen atoms in total. The highest BCUT2D eigenvalue weighted by molar-refractivity contribution is 7.63. The molecule has 0 bridgehead atoms. The van der Waals surface area contributed by atoms with Crippen molar-refractivity contribution in [3.8, 4) is 0 Å². The molecule has 0 unspecified atom stereocenters. The average molecular weight is 414 g/mol. The van der Waals surface area contributed by atoms with E-state index in [0.29, 0.717) is 12.3 Å². The van der Waals surface area contributed by atoms with E-state index >= 15 is 0 Å². The van der Waals surface area contributed by atoms with Crippen LogP contribution >= 0.6 is 14.3 Å². The topological polar surface area (TPSA) is 34.1 Å². The number of fused-ring (bicyclic) bond motifs is 2. The molecule has 0 N–H and O–H groups in total. The van der Waals surface area contributed by atoms with Crippen LogP contribution in [0.5, 0.6) is 0 Å². The summed E-state index contributed by atoms with van der Waals surface area (Å²) < 4.78 is 26.7. The maximum Gasteiger partial charge on any atom is 0.0914 e. The Balaban J connectivity index is 2.36. The van der Waals surface area contributed by atoms with Gasteiger partial charge in [-0.25, -0.2) is 0 Å². The van der Waals surface area contributed by atoms with Crippen molar-refractivity contribution in [2.45, 2.75) is 40.0 Å². The van der Waals surface area contributed by atoms with Crippen molar-refractivity contribution < 1.29 is 9.13 Å². The molecular weight excluding hydrogens is 382 g/mol. The summed E-state index contributed by atoms with van der Waals surface area (Å²) in [4.78, 5) is 0. The van der Waals surface area contributed by atoms with Gasteiger partial charge in [0.1, 0.15) is 0 Å². The van der Waals surface area contributed by atoms with Gasteiger partial charge in [0.25, 0.3) is 0 Å². The second-order valence-electron chi connectivity index (χ2n) is 7.75. The Kier molecular flexibility index (Phi) is 6.53. The molecule has 0 saturated heterocycles. The van der Waals surface area contributed by atoms with E-state index in [1.54, 1.807) is 0 Å². The molecule has 28 heavy (non-hydrogen) atoms. The minimum absolute atomic E-state index is 0.639. The fourth-order valence-electron chi connectivity index (χ4n) is 4.12. The monoisotopic (exact) mass is 414 g/mol. The lowest BCUT2D eigenvalue weighted by Gasteiger charge is -2.22. The van der Waals surface area contributed by atoms with E-state index in [4.69, 9.17) is 0 Å². The highest BCUT2D eigenvalue weighted by atomic mass is 31.2. The lowest BCUT2D eigenvalue weighted by atomic mass is 9.93. The highest BCUT2D eigenvalue weighted by Crippen LogP contribution is 2.53. The molecule has 150 valence electrons. The van der Waals surface area contributed by atoms with Crippen LogP contribution in [0, 0.1) is 0 Å². The molecule has 0 heterocycles. The molecule has 0 atom stereocenters. The van der Waals surface area contributed by atoms with Crippen LogP contribution in [0.4, 0.5) is 0 Å². The van der Waals surface area contributed by atoms with Crippen LogP contribution in [-0.4, -0.2) is 24.6 Å². The van der Waals surface area contributed by atoms with E-state index in [-0.39, 0.29) is 0 Å². The standard InChI is InChI=1S/C24H32O2P2/c1-5-27(25,6-2)17-23-19-13-9-11-15-21(19)24(18-28(26,7-3)8-4)22-16-12-10-14-20(22)23/h9-16H,5-8,17-18H2,1-4H3. The minimum Gasteiger partial charge on any atom is -0.323 e. The molecule has 3 rings (SSSR count). The van der Waals surface area contributed by atoms with Gasteiger partial charge in [-0.1, -0.05) is 76.2 Å². The third-order valence-electron chi connectivity index (χ3n) is 6.35. The Morgan fingerprint density at radius 3 is 1.00 bits per heavy atom. The molecule has 3 aromatic carbocycles. The van der Waals surface area contributed by atoms with Gasteiger partial charge in [0.2, 0.25) is 0 Å². The average Bonchev–Trinajstić information content (AvgIpc) is 2.75. The first kappa shape index (κ1) is 21.4. The number of benzene rings is 3. The van der Waals surface area contributed by atoms with Crippen LogP contribution in [0.15, 0.2) is 48.5 Å². The molecule has 0 radical (unpaired) electrons. The molecule has 3 aromatic rings. The molecule has 0 saturated carbocycles. The number of hydrogen-bond donors (Lipinski definition) is 0. The van der Waals surface area contributed by atoms with Crippen LogP contribution in [0.2, 0.25) is 0 Å². The SMILES string of the molecule is CCP(=O)(CC)Cc1c2ccccc2c(CP(=O)(CC)CC)c2ccccc12. The molecule has 4 heteroatoms. The molecule has 0 amide bonds. The summed E-state index contributed by atoms with van der Waals surface area (Å²) in [7, 11) is -4.47. The lowest BCUT2D eigenvalue weighted by Crippen LogP contribution is -2.01. The van der Waals surface area contributed by atoms with Crippen molar-refractivity contribution >= 4 is 35.8 Å². The van der Waals surface area contributed by atoms with Crippen molar-refractivity contribution in [3.63, 3.8) is 0 Å². The summed E-state index contributed by atoms with van der Waals surface area (Å²) in [6.07, 6.45) is 4.20. The Morgan fingerprint density at radius 1 is 0.536 bits per heavy atom. The van der Waals surface area contributed by atoms with Gasteiger partial charge in [0, 0.05) is 12.3 Å². The fraction of sp³-hybridized carbons (Fsp3) is 0.417. The maximum absolute atomic E-state index is 13.4. The van der Waals surface area contributed by atoms with Crippen molar-refractivity contribution in [1.29, 1.82) is 0 Å². The normalized spacial score (nSPS) is 12.7. The van der Waals surface area contributed by atoms with Gasteiger partial charge in [-0.3, -0.25) is 0 Å². The van der Waals surface area contributed by atoms with E-state index in [2.05, 4.69) is 48.5 Å². The summed E-state index contributed by atoms with van der Waals surface area (Å²) in [6, 6.07) is 16.9. The highest BCUT2D eigenvalue weighted by Gasteiger charge is 2.25. The second kappa shape index (κ2) is 8.56. The summed E-state index contributed by atoms with van der Waals surface area (Å²) in [5, 5.41) is 4.71. The van der Waals surface area contributed by atoms with Crippen LogP contribution in [0.25, 0.3) is 21.5 Å². The van der Waals surface area contributed by atoms with Gasteiger partial charge in [0.05, 0.1) is 14.3 Å². The number of rotatable bonds is 8. The molecular formula is C24H32O2P2. The van der Waals surface area contributed by atoms with Crippen LogP contribution < -0.4 is 0 Å². The molecule has 0 aliphatic carbocycles. The van der Waals surface area contributed by atoms with Crippen molar-refractivity contribution in [2.24, 2.45) is 0 Å². The summed E-state index contributed by atoms with van der Waals surface area (Å²) in [5.41, 5.74) is 2.40. The summed E-state index contributed by atoms with van der Waals surface area (Å²) >= 11 is 0. The lowest BCUT2D eigenvalue weighted by molar-refractivity contribution is 0.574. The first-order chi connectivity index (χ1) is 13.4. The van der Waals surface area contributed by atoms with Gasteiger partial charge >= 0.3 is 0 Å². The smallest absolute Gasteiger partial charge is 0.0914 e. The van der Waals surface area contributed by atoms with E-state index in [1.807, 2.05) is 27.7 Å². The third-order valence-corrected chi connectivity index (χ3v) is 12.7. The third kappa shape index (κ3) is 4.00. The molecule has 0 aliphatic heterocycles. The zero-order chi connectivity index (χ0) is 20.4. The first-order valence-electron chi connectivity index (χ1n) is 10.5. The largest absolute Gasteiger partial charge is 0.323 e. The number of hydrogen-bond acceptors (Lipinski definition) is 2. The molecule has 0 fully saturated rings. The Labute approximate surface area is 169 Å². The predicted molar refractivity (Wildman–Crippen MR) is 126 cm³/mol. The van der Waals surface area contributed by atoms with Crippen molar-refractivity contribution in [3.05, 3.63) is 59.7 Å². The Morgan fingerprint density at radius 2 is 0.786 bits per heavy atom. The van der Waals surface area contributed by atoms with Gasteiger partial charge in [0.15, 0.2) is 0 Å². The van der Waals surface area contributed by atoms with Crippen LogP contribution in [0.3, 0.4) is 0 Å². The predicted octanol–water partition coefficient (Wildman–Crippen LogP) is 7.80. The van der Waals surface area contributed by atoms with Gasteiger partial charge in [-0.15, -0.1) is 0 Å². The first-order valence-corrected chi connectivity index (χ1v) is 15.0. The minimum atomic E-state index is -2.23. The summed E-state index contributed by atoms with van der Waals surface area (Å²) in [6.45, 7) is 8.17. The van der Waals surface area contributed by atoms with Gasteiger partial charge in [-0.05, 0) is 57.3 Å². The van der Waals surface area contributed by atoms with E-state index in [9.17, 15) is 9.13 Å².